The van der Waals surface area contributed by atoms with Crippen molar-refractivity contribution in [3.05, 3.63) is 46.4 Å². The van der Waals surface area contributed by atoms with Crippen LogP contribution >= 0.6 is 11.3 Å². The van der Waals surface area contributed by atoms with E-state index in [2.05, 4.69) is 59.7 Å². The topological polar surface area (TPSA) is 17.0 Å². The molecule has 19 heavy (non-hydrogen) atoms. The molecule has 2 aromatic rings. The van der Waals surface area contributed by atoms with E-state index in [1.165, 1.54) is 23.3 Å². The van der Waals surface area contributed by atoms with Gasteiger partial charge in [-0.15, -0.1) is 11.3 Å². The van der Waals surface area contributed by atoms with Crippen molar-refractivity contribution < 1.29 is 0 Å². The molecule has 0 aromatic carbocycles. The molecule has 0 amide bonds. The maximum Gasteiger partial charge on any atom is 0.0335 e. The van der Waals surface area contributed by atoms with Crippen molar-refractivity contribution in [2.45, 2.75) is 45.7 Å². The number of aryl methyl sites for hydroxylation is 2. The molecule has 2 aromatic heterocycles. The number of rotatable bonds is 8. The minimum atomic E-state index is 0.512. The first-order valence-corrected chi connectivity index (χ1v) is 8.13. The number of nitrogens with zero attached hydrogens (tertiary/aromatic N) is 1. The molecule has 2 rings (SSSR count). The summed E-state index contributed by atoms with van der Waals surface area (Å²) in [4.78, 5) is 1.46. The van der Waals surface area contributed by atoms with Crippen LogP contribution in [0.1, 0.15) is 43.2 Å². The minimum Gasteiger partial charge on any atom is -0.354 e. The summed E-state index contributed by atoms with van der Waals surface area (Å²) in [6, 6.07) is 7.12. The smallest absolute Gasteiger partial charge is 0.0335 e. The molecule has 0 spiro atoms. The van der Waals surface area contributed by atoms with E-state index in [9.17, 15) is 0 Å². The number of thiophene rings is 1. The number of nitrogens with one attached hydrogen (secondary N) is 1. The molecule has 0 aliphatic heterocycles. The van der Waals surface area contributed by atoms with Gasteiger partial charge in [0.1, 0.15) is 0 Å². The normalized spacial score (nSPS) is 12.7. The summed E-state index contributed by atoms with van der Waals surface area (Å²) in [6.45, 7) is 6.53. The maximum atomic E-state index is 3.57. The molecule has 0 aliphatic rings. The highest BCUT2D eigenvalue weighted by molar-refractivity contribution is 7.09. The van der Waals surface area contributed by atoms with Gasteiger partial charge in [0.05, 0.1) is 0 Å². The van der Waals surface area contributed by atoms with Crippen molar-refractivity contribution in [3.63, 3.8) is 0 Å². The van der Waals surface area contributed by atoms with Gasteiger partial charge in [-0.3, -0.25) is 0 Å². The van der Waals surface area contributed by atoms with Crippen molar-refractivity contribution in [1.29, 1.82) is 0 Å². The van der Waals surface area contributed by atoms with E-state index in [4.69, 9.17) is 0 Å². The molecule has 0 fully saturated rings. The first-order chi connectivity index (χ1) is 9.33. The highest BCUT2D eigenvalue weighted by Crippen LogP contribution is 2.19. The molecule has 0 aliphatic carbocycles. The molecule has 1 atom stereocenters. The fourth-order valence-corrected chi connectivity index (χ4v) is 3.12. The predicted molar refractivity (Wildman–Crippen MR) is 83.8 cm³/mol. The average Bonchev–Trinajstić information content (AvgIpc) is 3.07. The second-order valence-electron chi connectivity index (χ2n) is 4.91. The molecule has 0 bridgehead atoms. The molecular formula is C16H24N2S. The predicted octanol–water partition coefficient (Wildman–Crippen LogP) is 4.24. The number of aromatic nitrogens is 1. The Hall–Kier alpha value is -1.06. The van der Waals surface area contributed by atoms with Crippen molar-refractivity contribution in [1.82, 2.24) is 9.88 Å². The van der Waals surface area contributed by atoms with Crippen molar-refractivity contribution in [2.75, 3.05) is 6.54 Å². The zero-order valence-corrected chi connectivity index (χ0v) is 12.7. The van der Waals surface area contributed by atoms with Crippen LogP contribution in [0.5, 0.6) is 0 Å². The van der Waals surface area contributed by atoms with E-state index in [0.29, 0.717) is 6.04 Å². The Kier molecular flexibility index (Phi) is 5.67. The Morgan fingerprint density at radius 2 is 2.21 bits per heavy atom. The van der Waals surface area contributed by atoms with E-state index in [-0.39, 0.29) is 0 Å². The molecule has 2 heterocycles. The lowest BCUT2D eigenvalue weighted by molar-refractivity contribution is 0.508. The van der Waals surface area contributed by atoms with E-state index in [1.54, 1.807) is 0 Å². The highest BCUT2D eigenvalue weighted by Gasteiger charge is 2.10. The van der Waals surface area contributed by atoms with Crippen LogP contribution in [0.2, 0.25) is 0 Å². The third kappa shape index (κ3) is 4.22. The minimum absolute atomic E-state index is 0.512. The van der Waals surface area contributed by atoms with Crippen molar-refractivity contribution in [3.8, 4) is 0 Å². The third-order valence-corrected chi connectivity index (χ3v) is 4.34. The van der Waals surface area contributed by atoms with E-state index in [0.717, 1.165) is 19.5 Å². The first-order valence-electron chi connectivity index (χ1n) is 7.25. The Labute approximate surface area is 120 Å². The van der Waals surface area contributed by atoms with Crippen LogP contribution in [-0.2, 0) is 13.0 Å². The zero-order valence-electron chi connectivity index (χ0n) is 11.9. The Bertz CT molecular complexity index is 453. The van der Waals surface area contributed by atoms with Crippen LogP contribution in [0.4, 0.5) is 0 Å². The lowest BCUT2D eigenvalue weighted by Crippen LogP contribution is -2.20. The lowest BCUT2D eigenvalue weighted by atomic mass is 10.1. The first kappa shape index (κ1) is 14.4. The number of hydrogen-bond acceptors (Lipinski definition) is 2. The molecule has 104 valence electrons. The average molecular weight is 276 g/mol. The summed E-state index contributed by atoms with van der Waals surface area (Å²) in [5, 5.41) is 5.72. The monoisotopic (exact) mass is 276 g/mol. The summed E-state index contributed by atoms with van der Waals surface area (Å²) >= 11 is 1.85. The van der Waals surface area contributed by atoms with Gasteiger partial charge in [-0.1, -0.05) is 26.3 Å². The molecule has 1 N–H and O–H groups in total. The molecular weight excluding hydrogens is 252 g/mol. The standard InChI is InChI=1S/C16H24N2S/c1-3-6-16(17-4-2)14-8-10-18(13-14)11-9-15-7-5-12-19-15/h5,7-8,10,12-13,16-17H,3-4,6,9,11H2,1-2H3. The molecule has 1 unspecified atom stereocenters. The zero-order chi connectivity index (χ0) is 13.5. The van der Waals surface area contributed by atoms with Crippen molar-refractivity contribution >= 4 is 11.3 Å². The summed E-state index contributed by atoms with van der Waals surface area (Å²) in [5.41, 5.74) is 1.43. The van der Waals surface area contributed by atoms with Gasteiger partial charge in [0.2, 0.25) is 0 Å². The quantitative estimate of drug-likeness (QED) is 0.763. The SMILES string of the molecule is CCCC(NCC)c1ccn(CCc2cccs2)c1. The van der Waals surface area contributed by atoms with Gasteiger partial charge in [0.25, 0.3) is 0 Å². The Morgan fingerprint density at radius 3 is 2.89 bits per heavy atom. The van der Waals surface area contributed by atoms with Gasteiger partial charge in [-0.25, -0.2) is 0 Å². The van der Waals surface area contributed by atoms with Gasteiger partial charge in [0, 0.05) is 29.9 Å². The second-order valence-corrected chi connectivity index (χ2v) is 5.94. The van der Waals surface area contributed by atoms with Crippen molar-refractivity contribution in [2.24, 2.45) is 0 Å². The summed E-state index contributed by atoms with van der Waals surface area (Å²) in [7, 11) is 0. The summed E-state index contributed by atoms with van der Waals surface area (Å²) < 4.78 is 2.31. The van der Waals surface area contributed by atoms with Crippen LogP contribution in [0.3, 0.4) is 0 Å². The van der Waals surface area contributed by atoms with Crippen LogP contribution < -0.4 is 5.32 Å². The molecule has 0 radical (unpaired) electrons. The van der Waals surface area contributed by atoms with Gasteiger partial charge in [-0.05, 0) is 42.5 Å². The van der Waals surface area contributed by atoms with E-state index >= 15 is 0 Å². The van der Waals surface area contributed by atoms with Gasteiger partial charge < -0.3 is 9.88 Å². The van der Waals surface area contributed by atoms with Crippen LogP contribution in [0, 0.1) is 0 Å². The summed E-state index contributed by atoms with van der Waals surface area (Å²) in [5.74, 6) is 0. The molecule has 0 saturated heterocycles. The van der Waals surface area contributed by atoms with E-state index < -0.39 is 0 Å². The Morgan fingerprint density at radius 1 is 1.32 bits per heavy atom. The third-order valence-electron chi connectivity index (χ3n) is 3.40. The summed E-state index contributed by atoms with van der Waals surface area (Å²) in [6.07, 6.45) is 8.08. The molecule has 2 nitrogen and oxygen atoms in total. The number of hydrogen-bond donors (Lipinski definition) is 1. The van der Waals surface area contributed by atoms with Gasteiger partial charge in [-0.2, -0.15) is 0 Å². The van der Waals surface area contributed by atoms with Crippen LogP contribution in [0.25, 0.3) is 0 Å². The lowest BCUT2D eigenvalue weighted by Gasteiger charge is -2.15. The fourth-order valence-electron chi connectivity index (χ4n) is 2.42. The highest BCUT2D eigenvalue weighted by atomic mass is 32.1. The van der Waals surface area contributed by atoms with Gasteiger partial charge in [0.15, 0.2) is 0 Å². The molecule has 0 saturated carbocycles. The van der Waals surface area contributed by atoms with Gasteiger partial charge >= 0.3 is 0 Å². The van der Waals surface area contributed by atoms with Crippen LogP contribution in [0.15, 0.2) is 36.0 Å². The second kappa shape index (κ2) is 7.51. The van der Waals surface area contributed by atoms with E-state index in [1.807, 2.05) is 11.3 Å². The Balaban J connectivity index is 1.93. The fraction of sp³-hybridized carbons (Fsp3) is 0.500. The van der Waals surface area contributed by atoms with Crippen LogP contribution in [-0.4, -0.2) is 11.1 Å². The maximum absolute atomic E-state index is 3.57. The largest absolute Gasteiger partial charge is 0.354 e. The molecule has 3 heteroatoms.